The zero-order chi connectivity index (χ0) is 18.6. The van der Waals surface area contributed by atoms with Gasteiger partial charge in [0.25, 0.3) is 0 Å². The van der Waals surface area contributed by atoms with Crippen LogP contribution in [0.5, 0.6) is 0 Å². The van der Waals surface area contributed by atoms with Crippen molar-refractivity contribution in [2.24, 2.45) is 0 Å². The molecule has 0 spiro atoms. The van der Waals surface area contributed by atoms with E-state index < -0.39 is 0 Å². The lowest BCUT2D eigenvalue weighted by atomic mass is 10.0. The molecule has 1 saturated heterocycles. The van der Waals surface area contributed by atoms with Gasteiger partial charge in [0.1, 0.15) is 0 Å². The van der Waals surface area contributed by atoms with Gasteiger partial charge in [-0.3, -0.25) is 4.79 Å². The van der Waals surface area contributed by atoms with E-state index in [0.29, 0.717) is 5.56 Å². The maximum atomic E-state index is 12.6. The Balaban J connectivity index is 1.49. The second kappa shape index (κ2) is 8.14. The van der Waals surface area contributed by atoms with E-state index in [9.17, 15) is 4.79 Å². The zero-order valence-electron chi connectivity index (χ0n) is 15.5. The molecule has 0 saturated carbocycles. The molecular formula is C24H24ClNO. The molecule has 0 unspecified atom stereocenters. The fourth-order valence-corrected chi connectivity index (χ4v) is 4.16. The van der Waals surface area contributed by atoms with Crippen LogP contribution in [0.15, 0.2) is 77.0 Å². The molecule has 1 aliphatic heterocycles. The largest absolute Gasteiger partial charge is 0.377 e. The molecule has 2 aromatic rings. The van der Waals surface area contributed by atoms with Gasteiger partial charge in [0.15, 0.2) is 5.78 Å². The molecule has 0 bridgehead atoms. The number of hydrogen-bond donors (Lipinski definition) is 0. The van der Waals surface area contributed by atoms with E-state index >= 15 is 0 Å². The second-order valence-electron chi connectivity index (χ2n) is 7.35. The number of piperidine rings is 1. The topological polar surface area (TPSA) is 20.3 Å². The minimum absolute atomic E-state index is 0.0196. The van der Waals surface area contributed by atoms with Gasteiger partial charge in [-0.1, -0.05) is 54.1 Å². The van der Waals surface area contributed by atoms with Crippen molar-refractivity contribution >= 4 is 28.2 Å². The Morgan fingerprint density at radius 1 is 0.963 bits per heavy atom. The van der Waals surface area contributed by atoms with Crippen LogP contribution in [-0.4, -0.2) is 23.8 Å². The van der Waals surface area contributed by atoms with Crippen LogP contribution in [0.3, 0.4) is 0 Å². The third-order valence-corrected chi connectivity index (χ3v) is 5.91. The number of allylic oxidation sites excluding steroid dienone is 5. The van der Waals surface area contributed by atoms with Crippen molar-refractivity contribution in [2.45, 2.75) is 32.1 Å². The maximum absolute atomic E-state index is 12.6. The molecule has 2 nitrogen and oxygen atoms in total. The highest BCUT2D eigenvalue weighted by molar-refractivity contribution is 6.33. The predicted octanol–water partition coefficient (Wildman–Crippen LogP) is 6.24. The first-order chi connectivity index (χ1) is 13.2. The Kier molecular flexibility index (Phi) is 5.45. The SMILES string of the molecule is O=C(/C=C/C1=C(Cl)C(=C/N2CCCCC2)/CC1)c1ccc2ccccc2c1. The van der Waals surface area contributed by atoms with Gasteiger partial charge >= 0.3 is 0 Å². The van der Waals surface area contributed by atoms with Crippen LogP contribution in [0, 0.1) is 0 Å². The molecule has 0 aromatic heterocycles. The van der Waals surface area contributed by atoms with Crippen LogP contribution >= 0.6 is 11.6 Å². The number of hydrogen-bond acceptors (Lipinski definition) is 2. The fraction of sp³-hybridized carbons (Fsp3) is 0.292. The number of likely N-dealkylation sites (tertiary alicyclic amines) is 1. The molecule has 2 aliphatic rings. The average Bonchev–Trinajstić information content (AvgIpc) is 3.06. The van der Waals surface area contributed by atoms with Crippen LogP contribution in [0.2, 0.25) is 0 Å². The van der Waals surface area contributed by atoms with E-state index in [0.717, 1.165) is 47.3 Å². The van der Waals surface area contributed by atoms with Crippen LogP contribution in [0.1, 0.15) is 42.5 Å². The molecule has 1 heterocycles. The molecule has 1 aliphatic carbocycles. The molecule has 1 fully saturated rings. The number of fused-ring (bicyclic) bond motifs is 1. The van der Waals surface area contributed by atoms with Crippen LogP contribution in [-0.2, 0) is 0 Å². The molecule has 0 radical (unpaired) electrons. The number of benzene rings is 2. The third-order valence-electron chi connectivity index (χ3n) is 5.43. The first-order valence-corrected chi connectivity index (χ1v) is 10.1. The van der Waals surface area contributed by atoms with E-state index in [-0.39, 0.29) is 5.78 Å². The highest BCUT2D eigenvalue weighted by atomic mass is 35.5. The smallest absolute Gasteiger partial charge is 0.185 e. The summed E-state index contributed by atoms with van der Waals surface area (Å²) in [6, 6.07) is 13.9. The van der Waals surface area contributed by atoms with E-state index in [1.807, 2.05) is 42.5 Å². The van der Waals surface area contributed by atoms with Crippen molar-refractivity contribution in [3.8, 4) is 0 Å². The number of rotatable bonds is 4. The summed E-state index contributed by atoms with van der Waals surface area (Å²) >= 11 is 6.59. The first-order valence-electron chi connectivity index (χ1n) is 9.76. The van der Waals surface area contributed by atoms with Crippen molar-refractivity contribution < 1.29 is 4.79 Å². The summed E-state index contributed by atoms with van der Waals surface area (Å²) in [7, 11) is 0. The normalized spacial score (nSPS) is 19.6. The molecule has 138 valence electrons. The van der Waals surface area contributed by atoms with Crippen molar-refractivity contribution in [1.29, 1.82) is 0 Å². The summed E-state index contributed by atoms with van der Waals surface area (Å²) in [4.78, 5) is 15.0. The lowest BCUT2D eigenvalue weighted by molar-refractivity contribution is 0.104. The molecule has 4 rings (SSSR count). The molecule has 0 atom stereocenters. The summed E-state index contributed by atoms with van der Waals surface area (Å²) in [6.45, 7) is 2.25. The number of carbonyl (C=O) groups is 1. The van der Waals surface area contributed by atoms with Crippen LogP contribution < -0.4 is 0 Å². The number of nitrogens with zero attached hydrogens (tertiary/aromatic N) is 1. The fourth-order valence-electron chi connectivity index (χ4n) is 3.86. The van der Waals surface area contributed by atoms with Gasteiger partial charge in [-0.25, -0.2) is 0 Å². The molecule has 3 heteroatoms. The highest BCUT2D eigenvalue weighted by Gasteiger charge is 2.18. The minimum atomic E-state index is 0.0196. The van der Waals surface area contributed by atoms with Gasteiger partial charge in [0, 0.05) is 29.9 Å². The summed E-state index contributed by atoms with van der Waals surface area (Å²) < 4.78 is 0. The standard InChI is InChI=1S/C24H24ClNO/c25-24-19(9-11-22(24)17-26-14-4-1-5-15-26)12-13-23(27)21-10-8-18-6-2-3-7-20(18)16-21/h2-3,6-8,10,12-13,16-17H,1,4-5,9,11,14-15H2/b13-12+,22-17+. The molecule has 2 aromatic carbocycles. The summed E-state index contributed by atoms with van der Waals surface area (Å²) in [6.07, 6.45) is 11.5. The summed E-state index contributed by atoms with van der Waals surface area (Å²) in [5.41, 5.74) is 2.98. The minimum Gasteiger partial charge on any atom is -0.377 e. The van der Waals surface area contributed by atoms with Gasteiger partial charge in [0.05, 0.1) is 0 Å². The lowest BCUT2D eigenvalue weighted by Crippen LogP contribution is -2.24. The second-order valence-corrected chi connectivity index (χ2v) is 7.73. The van der Waals surface area contributed by atoms with E-state index in [1.165, 1.54) is 24.8 Å². The van der Waals surface area contributed by atoms with Crippen molar-refractivity contribution in [3.63, 3.8) is 0 Å². The third kappa shape index (κ3) is 4.17. The van der Waals surface area contributed by atoms with E-state index in [4.69, 9.17) is 11.6 Å². The predicted molar refractivity (Wildman–Crippen MR) is 113 cm³/mol. The molecule has 0 N–H and O–H groups in total. The Morgan fingerprint density at radius 3 is 2.56 bits per heavy atom. The lowest BCUT2D eigenvalue weighted by Gasteiger charge is -2.25. The van der Waals surface area contributed by atoms with Gasteiger partial charge in [0.2, 0.25) is 0 Å². The Hall–Kier alpha value is -2.32. The molecule has 0 amide bonds. The van der Waals surface area contributed by atoms with Gasteiger partial charge in [-0.2, -0.15) is 0 Å². The van der Waals surface area contributed by atoms with Crippen LogP contribution in [0.4, 0.5) is 0 Å². The van der Waals surface area contributed by atoms with Crippen molar-refractivity contribution in [2.75, 3.05) is 13.1 Å². The Morgan fingerprint density at radius 2 is 1.74 bits per heavy atom. The Bertz CT molecular complexity index is 948. The maximum Gasteiger partial charge on any atom is 0.185 e. The molecule has 27 heavy (non-hydrogen) atoms. The van der Waals surface area contributed by atoms with E-state index in [2.05, 4.69) is 17.2 Å². The molecular weight excluding hydrogens is 354 g/mol. The quantitative estimate of drug-likeness (QED) is 0.464. The van der Waals surface area contributed by atoms with Gasteiger partial charge in [-0.15, -0.1) is 0 Å². The average molecular weight is 378 g/mol. The number of carbonyl (C=O) groups excluding carboxylic acids is 1. The van der Waals surface area contributed by atoms with Crippen molar-refractivity contribution in [1.82, 2.24) is 4.90 Å². The monoisotopic (exact) mass is 377 g/mol. The van der Waals surface area contributed by atoms with Crippen LogP contribution in [0.25, 0.3) is 10.8 Å². The first kappa shape index (κ1) is 18.1. The van der Waals surface area contributed by atoms with E-state index in [1.54, 1.807) is 6.08 Å². The van der Waals surface area contributed by atoms with Gasteiger partial charge < -0.3 is 4.90 Å². The van der Waals surface area contributed by atoms with Crippen molar-refractivity contribution in [3.05, 3.63) is 82.6 Å². The zero-order valence-corrected chi connectivity index (χ0v) is 16.2. The number of halogens is 1. The number of ketones is 1. The summed E-state index contributed by atoms with van der Waals surface area (Å²) in [5, 5.41) is 3.05. The highest BCUT2D eigenvalue weighted by Crippen LogP contribution is 2.35. The Labute approximate surface area is 165 Å². The van der Waals surface area contributed by atoms with Gasteiger partial charge in [-0.05, 0) is 66.2 Å². The summed E-state index contributed by atoms with van der Waals surface area (Å²) in [5.74, 6) is 0.0196.